The SMILES string of the molecule is Cc1cc(N(C)C)nc(CNC(=O)c2cc(-c3cccnc3)on2)n1. The monoisotopic (exact) mass is 338 g/mol. The Balaban J connectivity index is 1.68. The first-order valence-electron chi connectivity index (χ1n) is 7.70. The van der Waals surface area contributed by atoms with E-state index in [1.54, 1.807) is 24.5 Å². The fraction of sp³-hybridized carbons (Fsp3) is 0.235. The molecular weight excluding hydrogens is 320 g/mol. The number of nitrogens with zero attached hydrogens (tertiary/aromatic N) is 5. The van der Waals surface area contributed by atoms with Gasteiger partial charge in [-0.05, 0) is 19.1 Å². The summed E-state index contributed by atoms with van der Waals surface area (Å²) in [4.78, 5) is 26.9. The lowest BCUT2D eigenvalue weighted by atomic mass is 10.2. The van der Waals surface area contributed by atoms with Gasteiger partial charge in [-0.15, -0.1) is 0 Å². The maximum atomic E-state index is 12.3. The van der Waals surface area contributed by atoms with Gasteiger partial charge in [0.25, 0.3) is 5.91 Å². The molecule has 3 aromatic heterocycles. The summed E-state index contributed by atoms with van der Waals surface area (Å²) in [6, 6.07) is 7.07. The number of carbonyl (C=O) groups is 1. The molecule has 128 valence electrons. The standard InChI is InChI=1S/C17H18N6O2/c1-11-7-16(23(2)3)21-15(20-11)10-19-17(24)13-8-14(25-22-13)12-5-4-6-18-9-12/h4-9H,10H2,1-3H3,(H,19,24). The first-order chi connectivity index (χ1) is 12.0. The fourth-order valence-electron chi connectivity index (χ4n) is 2.20. The molecule has 0 bridgehead atoms. The number of nitrogens with one attached hydrogen (secondary N) is 1. The molecule has 0 radical (unpaired) electrons. The highest BCUT2D eigenvalue weighted by Gasteiger charge is 2.14. The normalized spacial score (nSPS) is 10.5. The van der Waals surface area contributed by atoms with E-state index in [1.165, 1.54) is 0 Å². The number of anilines is 1. The van der Waals surface area contributed by atoms with E-state index < -0.39 is 0 Å². The third kappa shape index (κ3) is 3.97. The van der Waals surface area contributed by atoms with Crippen LogP contribution in [0.25, 0.3) is 11.3 Å². The highest BCUT2D eigenvalue weighted by Crippen LogP contribution is 2.18. The molecule has 0 spiro atoms. The lowest BCUT2D eigenvalue weighted by molar-refractivity contribution is 0.0941. The Morgan fingerprint density at radius 2 is 2.12 bits per heavy atom. The molecule has 0 atom stereocenters. The second-order valence-electron chi connectivity index (χ2n) is 5.68. The predicted molar refractivity (Wildman–Crippen MR) is 92.0 cm³/mol. The maximum Gasteiger partial charge on any atom is 0.273 e. The minimum Gasteiger partial charge on any atom is -0.363 e. The van der Waals surface area contributed by atoms with E-state index in [0.717, 1.165) is 17.1 Å². The van der Waals surface area contributed by atoms with Crippen molar-refractivity contribution in [2.45, 2.75) is 13.5 Å². The van der Waals surface area contributed by atoms with Crippen LogP contribution in [0.4, 0.5) is 5.82 Å². The van der Waals surface area contributed by atoms with Gasteiger partial charge in [0.2, 0.25) is 0 Å². The van der Waals surface area contributed by atoms with Gasteiger partial charge in [0.05, 0.1) is 6.54 Å². The van der Waals surface area contributed by atoms with Crippen molar-refractivity contribution in [2.75, 3.05) is 19.0 Å². The Labute approximate surface area is 144 Å². The number of rotatable bonds is 5. The largest absolute Gasteiger partial charge is 0.363 e. The zero-order valence-corrected chi connectivity index (χ0v) is 14.2. The van der Waals surface area contributed by atoms with E-state index in [2.05, 4.69) is 25.4 Å². The molecule has 0 aliphatic carbocycles. The zero-order valence-electron chi connectivity index (χ0n) is 14.2. The summed E-state index contributed by atoms with van der Waals surface area (Å²) in [6.45, 7) is 2.09. The molecule has 0 unspecified atom stereocenters. The summed E-state index contributed by atoms with van der Waals surface area (Å²) < 4.78 is 5.20. The first kappa shape index (κ1) is 16.6. The van der Waals surface area contributed by atoms with Gasteiger partial charge in [0.15, 0.2) is 11.5 Å². The lowest BCUT2D eigenvalue weighted by Crippen LogP contribution is -2.25. The minimum absolute atomic E-state index is 0.194. The van der Waals surface area contributed by atoms with Gasteiger partial charge in [-0.1, -0.05) is 5.16 Å². The smallest absolute Gasteiger partial charge is 0.273 e. The van der Waals surface area contributed by atoms with Crippen LogP contribution < -0.4 is 10.2 Å². The van der Waals surface area contributed by atoms with Gasteiger partial charge in [-0.3, -0.25) is 9.78 Å². The average molecular weight is 338 g/mol. The van der Waals surface area contributed by atoms with Gasteiger partial charge in [0, 0.05) is 49.9 Å². The molecule has 0 saturated carbocycles. The van der Waals surface area contributed by atoms with E-state index in [4.69, 9.17) is 4.52 Å². The summed E-state index contributed by atoms with van der Waals surface area (Å²) >= 11 is 0. The van der Waals surface area contributed by atoms with Gasteiger partial charge in [0.1, 0.15) is 11.6 Å². The second kappa shape index (κ2) is 7.08. The number of aromatic nitrogens is 4. The molecule has 0 aromatic carbocycles. The number of pyridine rings is 1. The minimum atomic E-state index is -0.351. The van der Waals surface area contributed by atoms with Crippen molar-refractivity contribution in [3.05, 3.63) is 53.9 Å². The Morgan fingerprint density at radius 3 is 2.84 bits per heavy atom. The number of carbonyl (C=O) groups excluding carboxylic acids is 1. The van der Waals surface area contributed by atoms with Crippen LogP contribution >= 0.6 is 0 Å². The van der Waals surface area contributed by atoms with E-state index in [0.29, 0.717) is 11.6 Å². The summed E-state index contributed by atoms with van der Waals surface area (Å²) in [5, 5.41) is 6.56. The predicted octanol–water partition coefficient (Wildman–Crippen LogP) is 1.83. The van der Waals surface area contributed by atoms with E-state index in [1.807, 2.05) is 38.1 Å². The van der Waals surface area contributed by atoms with E-state index >= 15 is 0 Å². The molecule has 25 heavy (non-hydrogen) atoms. The quantitative estimate of drug-likeness (QED) is 0.758. The molecule has 0 fully saturated rings. The Bertz CT molecular complexity index is 876. The molecule has 1 amide bonds. The van der Waals surface area contributed by atoms with Crippen LogP contribution in [-0.2, 0) is 6.54 Å². The van der Waals surface area contributed by atoms with Crippen molar-refractivity contribution < 1.29 is 9.32 Å². The summed E-state index contributed by atoms with van der Waals surface area (Å²) in [5.41, 5.74) is 1.79. The average Bonchev–Trinajstić information content (AvgIpc) is 3.10. The van der Waals surface area contributed by atoms with Crippen LogP contribution in [0.15, 0.2) is 41.2 Å². The molecule has 0 aliphatic heterocycles. The van der Waals surface area contributed by atoms with Crippen molar-refractivity contribution in [1.82, 2.24) is 25.4 Å². The third-order valence-corrected chi connectivity index (χ3v) is 3.44. The number of hydrogen-bond acceptors (Lipinski definition) is 7. The molecular formula is C17H18N6O2. The maximum absolute atomic E-state index is 12.3. The third-order valence-electron chi connectivity index (χ3n) is 3.44. The van der Waals surface area contributed by atoms with Crippen LogP contribution in [-0.4, -0.2) is 40.1 Å². The molecule has 8 nitrogen and oxygen atoms in total. The highest BCUT2D eigenvalue weighted by atomic mass is 16.5. The topological polar surface area (TPSA) is 97.0 Å². The van der Waals surface area contributed by atoms with Crippen LogP contribution in [0.3, 0.4) is 0 Å². The zero-order chi connectivity index (χ0) is 17.8. The number of aryl methyl sites for hydroxylation is 1. The Hall–Kier alpha value is -3.29. The van der Waals surface area contributed by atoms with Crippen LogP contribution in [0, 0.1) is 6.92 Å². The lowest BCUT2D eigenvalue weighted by Gasteiger charge is -2.13. The van der Waals surface area contributed by atoms with Gasteiger partial charge in [-0.2, -0.15) is 0 Å². The summed E-state index contributed by atoms with van der Waals surface area (Å²) in [6.07, 6.45) is 3.31. The first-order valence-corrected chi connectivity index (χ1v) is 7.70. The fourth-order valence-corrected chi connectivity index (χ4v) is 2.20. The van der Waals surface area contributed by atoms with Gasteiger partial charge >= 0.3 is 0 Å². The van der Waals surface area contributed by atoms with E-state index in [9.17, 15) is 4.79 Å². The van der Waals surface area contributed by atoms with Crippen molar-refractivity contribution in [3.8, 4) is 11.3 Å². The number of amides is 1. The molecule has 3 rings (SSSR count). The number of hydrogen-bond donors (Lipinski definition) is 1. The van der Waals surface area contributed by atoms with E-state index in [-0.39, 0.29) is 18.1 Å². The molecule has 3 aromatic rings. The highest BCUT2D eigenvalue weighted by molar-refractivity contribution is 5.92. The summed E-state index contributed by atoms with van der Waals surface area (Å²) in [5.74, 6) is 1.46. The Morgan fingerprint density at radius 1 is 1.28 bits per heavy atom. The molecule has 3 heterocycles. The molecule has 0 aliphatic rings. The van der Waals surface area contributed by atoms with Gasteiger partial charge in [-0.25, -0.2) is 9.97 Å². The van der Waals surface area contributed by atoms with Crippen molar-refractivity contribution >= 4 is 11.7 Å². The van der Waals surface area contributed by atoms with Crippen molar-refractivity contribution in [3.63, 3.8) is 0 Å². The summed E-state index contributed by atoms with van der Waals surface area (Å²) in [7, 11) is 3.80. The molecule has 8 heteroatoms. The van der Waals surface area contributed by atoms with Crippen LogP contribution in [0.2, 0.25) is 0 Å². The van der Waals surface area contributed by atoms with Crippen molar-refractivity contribution in [1.29, 1.82) is 0 Å². The van der Waals surface area contributed by atoms with Gasteiger partial charge < -0.3 is 14.7 Å². The molecule has 1 N–H and O–H groups in total. The van der Waals surface area contributed by atoms with Crippen LogP contribution in [0.1, 0.15) is 22.0 Å². The Kier molecular flexibility index (Phi) is 4.69. The van der Waals surface area contributed by atoms with Crippen molar-refractivity contribution in [2.24, 2.45) is 0 Å². The van der Waals surface area contributed by atoms with Crippen LogP contribution in [0.5, 0.6) is 0 Å². The second-order valence-corrected chi connectivity index (χ2v) is 5.68. The molecule has 0 saturated heterocycles.